The number of nitrogens with zero attached hydrogens (tertiary/aromatic N) is 3. The van der Waals surface area contributed by atoms with Crippen LogP contribution in [0.25, 0.3) is 17.0 Å². The lowest BCUT2D eigenvalue weighted by Crippen LogP contribution is -2.65. The Kier molecular flexibility index (Phi) is 7.26. The Balaban J connectivity index is 1.94. The number of hydrogen-bond acceptors (Lipinski definition) is 7. The first-order chi connectivity index (χ1) is 17.1. The summed E-state index contributed by atoms with van der Waals surface area (Å²) in [5, 5.41) is 25.0. The van der Waals surface area contributed by atoms with Crippen molar-refractivity contribution >= 4 is 11.6 Å². The number of amides is 1. The van der Waals surface area contributed by atoms with Crippen molar-refractivity contribution in [2.75, 3.05) is 20.3 Å². The van der Waals surface area contributed by atoms with Crippen molar-refractivity contribution in [1.29, 1.82) is 0 Å². The number of allylic oxidation sites excluding steroid dienone is 4. The second kappa shape index (κ2) is 10.1. The summed E-state index contributed by atoms with van der Waals surface area (Å²) >= 11 is 0. The van der Waals surface area contributed by atoms with Crippen LogP contribution in [0.2, 0.25) is 0 Å². The van der Waals surface area contributed by atoms with Gasteiger partial charge in [0.2, 0.25) is 6.41 Å². The molecule has 9 nitrogen and oxygen atoms in total. The molecular formula is C27H35N3O6. The van der Waals surface area contributed by atoms with Crippen molar-refractivity contribution < 1.29 is 29.2 Å². The van der Waals surface area contributed by atoms with Gasteiger partial charge in [0, 0.05) is 17.2 Å². The van der Waals surface area contributed by atoms with Gasteiger partial charge in [-0.15, -0.1) is 0 Å². The van der Waals surface area contributed by atoms with E-state index in [-0.39, 0.29) is 25.5 Å². The lowest BCUT2D eigenvalue weighted by Gasteiger charge is -2.47. The zero-order valence-corrected chi connectivity index (χ0v) is 21.7. The van der Waals surface area contributed by atoms with Crippen LogP contribution < -0.4 is 9.47 Å². The molecular weight excluding hydrogens is 462 g/mol. The highest BCUT2D eigenvalue weighted by Gasteiger charge is 2.47. The minimum atomic E-state index is -2.00. The number of ether oxygens (including phenoxy) is 3. The molecule has 3 heterocycles. The first-order valence-electron chi connectivity index (χ1n) is 12.2. The molecule has 2 aliphatic heterocycles. The highest BCUT2D eigenvalue weighted by molar-refractivity contribution is 5.97. The van der Waals surface area contributed by atoms with Crippen LogP contribution in [0.1, 0.15) is 56.2 Å². The van der Waals surface area contributed by atoms with Gasteiger partial charge in [-0.2, -0.15) is 5.10 Å². The fourth-order valence-corrected chi connectivity index (χ4v) is 4.81. The summed E-state index contributed by atoms with van der Waals surface area (Å²) in [5.41, 5.74) is 3.20. The minimum Gasteiger partial charge on any atom is -0.496 e. The van der Waals surface area contributed by atoms with Crippen molar-refractivity contribution in [3.05, 3.63) is 47.2 Å². The molecule has 1 amide bonds. The fraction of sp³-hybridized carbons (Fsp3) is 0.481. The molecule has 2 N–H and O–H groups in total. The maximum absolute atomic E-state index is 13.8. The van der Waals surface area contributed by atoms with Gasteiger partial charge in [-0.1, -0.05) is 26.0 Å². The van der Waals surface area contributed by atoms with Crippen molar-refractivity contribution in [2.45, 2.75) is 59.6 Å². The van der Waals surface area contributed by atoms with E-state index < -0.39 is 17.9 Å². The van der Waals surface area contributed by atoms with Crippen LogP contribution in [0.3, 0.4) is 0 Å². The van der Waals surface area contributed by atoms with Crippen LogP contribution in [0.4, 0.5) is 0 Å². The van der Waals surface area contributed by atoms with Gasteiger partial charge in [-0.25, -0.2) is 4.68 Å². The number of benzene rings is 1. The van der Waals surface area contributed by atoms with E-state index in [0.29, 0.717) is 17.2 Å². The van der Waals surface area contributed by atoms with Gasteiger partial charge < -0.3 is 24.4 Å². The Morgan fingerprint density at radius 3 is 2.56 bits per heavy atom. The van der Waals surface area contributed by atoms with Crippen LogP contribution in [0.15, 0.2) is 30.4 Å². The Hall–Kier alpha value is -3.14. The summed E-state index contributed by atoms with van der Waals surface area (Å²) < 4.78 is 18.8. The predicted octanol–water partition coefficient (Wildman–Crippen LogP) is 3.59. The van der Waals surface area contributed by atoms with Gasteiger partial charge in [0.05, 0.1) is 37.3 Å². The Morgan fingerprint density at radius 1 is 1.31 bits per heavy atom. The Labute approximate surface area is 211 Å². The van der Waals surface area contributed by atoms with E-state index in [1.807, 2.05) is 44.2 Å². The summed E-state index contributed by atoms with van der Waals surface area (Å²) in [4.78, 5) is 14.8. The van der Waals surface area contributed by atoms with Crippen LogP contribution in [0, 0.1) is 5.92 Å². The predicted molar refractivity (Wildman–Crippen MR) is 135 cm³/mol. The fourth-order valence-electron chi connectivity index (χ4n) is 4.81. The zero-order valence-electron chi connectivity index (χ0n) is 21.7. The van der Waals surface area contributed by atoms with Gasteiger partial charge in [-0.3, -0.25) is 9.69 Å². The van der Waals surface area contributed by atoms with Crippen LogP contribution >= 0.6 is 0 Å². The molecule has 0 unspecified atom stereocenters. The monoisotopic (exact) mass is 497 g/mol. The van der Waals surface area contributed by atoms with Crippen LogP contribution in [-0.4, -0.2) is 63.1 Å². The molecule has 1 saturated heterocycles. The number of fused-ring (bicyclic) bond motifs is 3. The SMILES string of the molecule is C/C=C\C(=C/C)n1nc(C(=O)N(C(O)O)C2(C)COC2)c2c1-c1cc(CC(C)C)c(OC)cc1OC2. The van der Waals surface area contributed by atoms with Crippen molar-refractivity contribution in [2.24, 2.45) is 5.92 Å². The second-order valence-corrected chi connectivity index (χ2v) is 9.86. The lowest BCUT2D eigenvalue weighted by molar-refractivity contribution is -0.220. The smallest absolute Gasteiger partial charge is 0.279 e. The van der Waals surface area contributed by atoms with Crippen molar-refractivity contribution in [3.63, 3.8) is 0 Å². The lowest BCUT2D eigenvalue weighted by atomic mass is 9.94. The topological polar surface area (TPSA) is 106 Å². The third-order valence-corrected chi connectivity index (χ3v) is 6.56. The number of aliphatic hydroxyl groups is 2. The molecule has 1 fully saturated rings. The molecule has 0 spiro atoms. The van der Waals surface area contributed by atoms with E-state index in [2.05, 4.69) is 13.8 Å². The van der Waals surface area contributed by atoms with Gasteiger partial charge in [0.1, 0.15) is 18.1 Å². The summed E-state index contributed by atoms with van der Waals surface area (Å²) in [7, 11) is 1.64. The number of methoxy groups -OCH3 is 1. The van der Waals surface area contributed by atoms with E-state index in [1.54, 1.807) is 18.7 Å². The normalized spacial score (nSPS) is 16.6. The van der Waals surface area contributed by atoms with Crippen molar-refractivity contribution in [3.8, 4) is 22.8 Å². The maximum Gasteiger partial charge on any atom is 0.279 e. The first kappa shape index (κ1) is 25.9. The minimum absolute atomic E-state index is 0.103. The first-order valence-corrected chi connectivity index (χ1v) is 12.2. The third kappa shape index (κ3) is 4.42. The molecule has 9 heteroatoms. The van der Waals surface area contributed by atoms with Gasteiger partial charge >= 0.3 is 0 Å². The molecule has 2 aromatic rings. The average Bonchev–Trinajstić information content (AvgIpc) is 3.20. The standard InChI is InChI=1S/C27H35N3O6/c1-7-9-18(8-2)30-24-19-11-17(10-16(3)4)21(34-6)12-22(19)36-13-20(24)23(28-30)25(31)29(26(32)33)27(5)14-35-15-27/h7-9,11-12,16,26,32-33H,10,13-15H2,1-6H3/b9-7-,18-8+. The van der Waals surface area contributed by atoms with E-state index in [1.165, 1.54) is 0 Å². The van der Waals surface area contributed by atoms with Crippen LogP contribution in [-0.2, 0) is 17.8 Å². The van der Waals surface area contributed by atoms with Gasteiger partial charge in [-0.05, 0) is 50.8 Å². The number of rotatable bonds is 8. The molecule has 0 radical (unpaired) electrons. The quantitative estimate of drug-likeness (QED) is 0.424. The Bertz CT molecular complexity index is 1210. The number of carbonyl (C=O) groups is 1. The summed E-state index contributed by atoms with van der Waals surface area (Å²) in [5.74, 6) is 1.20. The van der Waals surface area contributed by atoms with E-state index in [9.17, 15) is 15.0 Å². The highest BCUT2D eigenvalue weighted by atomic mass is 16.5. The number of carbonyl (C=O) groups excluding carboxylic acids is 1. The molecule has 36 heavy (non-hydrogen) atoms. The summed E-state index contributed by atoms with van der Waals surface area (Å²) in [6.45, 7) is 10.4. The van der Waals surface area contributed by atoms with E-state index in [0.717, 1.165) is 39.6 Å². The summed E-state index contributed by atoms with van der Waals surface area (Å²) in [6.07, 6.45) is 4.53. The Morgan fingerprint density at radius 2 is 2.03 bits per heavy atom. The molecule has 1 aromatic heterocycles. The number of aliphatic hydroxyl groups excluding tert-OH is 1. The third-order valence-electron chi connectivity index (χ3n) is 6.56. The molecule has 194 valence electrons. The van der Waals surface area contributed by atoms with Crippen molar-refractivity contribution in [1.82, 2.24) is 14.7 Å². The number of aromatic nitrogens is 2. The van der Waals surface area contributed by atoms with Gasteiger partial charge in [0.25, 0.3) is 5.91 Å². The second-order valence-electron chi connectivity index (χ2n) is 9.86. The molecule has 4 rings (SSSR count). The van der Waals surface area contributed by atoms with Gasteiger partial charge in [0.15, 0.2) is 5.69 Å². The molecule has 0 aliphatic carbocycles. The average molecular weight is 498 g/mol. The molecule has 0 saturated carbocycles. The molecule has 0 bridgehead atoms. The van der Waals surface area contributed by atoms with E-state index in [4.69, 9.17) is 19.3 Å². The summed E-state index contributed by atoms with van der Waals surface area (Å²) in [6, 6.07) is 3.93. The molecule has 2 aliphatic rings. The molecule has 1 aromatic carbocycles. The largest absolute Gasteiger partial charge is 0.496 e. The maximum atomic E-state index is 13.8. The van der Waals surface area contributed by atoms with E-state index >= 15 is 0 Å². The zero-order chi connectivity index (χ0) is 26.2. The molecule has 0 atom stereocenters. The van der Waals surface area contributed by atoms with Crippen LogP contribution in [0.5, 0.6) is 11.5 Å². The number of hydrogen-bond donors (Lipinski definition) is 2. The highest BCUT2D eigenvalue weighted by Crippen LogP contribution is 2.44.